The second-order valence-corrected chi connectivity index (χ2v) is 7.98. The monoisotopic (exact) mass is 435 g/mol. The molecule has 4 heterocycles. The molecular formula is C23H23F2N7. The van der Waals surface area contributed by atoms with E-state index in [9.17, 15) is 8.78 Å². The van der Waals surface area contributed by atoms with Gasteiger partial charge in [0, 0.05) is 19.3 Å². The minimum atomic E-state index is -0.875. The Hall–Kier alpha value is -3.46. The first kappa shape index (κ1) is 20.4. The third-order valence-corrected chi connectivity index (χ3v) is 5.66. The van der Waals surface area contributed by atoms with E-state index in [1.165, 1.54) is 12.1 Å². The van der Waals surface area contributed by atoms with Gasteiger partial charge in [0.1, 0.15) is 11.2 Å². The van der Waals surface area contributed by atoms with Crippen LogP contribution in [0.25, 0.3) is 22.7 Å². The zero-order chi connectivity index (χ0) is 21.9. The van der Waals surface area contributed by atoms with E-state index in [-0.39, 0.29) is 6.54 Å². The van der Waals surface area contributed by atoms with Crippen LogP contribution in [0.2, 0.25) is 0 Å². The fourth-order valence-electron chi connectivity index (χ4n) is 4.04. The summed E-state index contributed by atoms with van der Waals surface area (Å²) in [6, 6.07) is 9.56. The lowest BCUT2D eigenvalue weighted by Gasteiger charge is -2.24. The van der Waals surface area contributed by atoms with E-state index in [0.29, 0.717) is 22.9 Å². The molecule has 164 valence electrons. The van der Waals surface area contributed by atoms with Gasteiger partial charge < -0.3 is 15.2 Å². The quantitative estimate of drug-likeness (QED) is 0.480. The van der Waals surface area contributed by atoms with Crippen LogP contribution < -0.4 is 10.6 Å². The van der Waals surface area contributed by atoms with Gasteiger partial charge in [-0.2, -0.15) is 4.98 Å². The number of hydrogen-bond acceptors (Lipinski definition) is 6. The van der Waals surface area contributed by atoms with E-state index in [4.69, 9.17) is 9.97 Å². The van der Waals surface area contributed by atoms with Gasteiger partial charge in [0.05, 0.1) is 6.20 Å². The molecule has 4 aromatic rings. The summed E-state index contributed by atoms with van der Waals surface area (Å²) in [5.74, 6) is -0.109. The number of nitrogens with zero attached hydrogens (tertiary/aromatic N) is 5. The maximum Gasteiger partial charge on any atom is 0.225 e. The minimum absolute atomic E-state index is 0.274. The van der Waals surface area contributed by atoms with Gasteiger partial charge in [-0.15, -0.1) is 0 Å². The molecule has 2 N–H and O–H groups in total. The Morgan fingerprint density at radius 3 is 2.81 bits per heavy atom. The summed E-state index contributed by atoms with van der Waals surface area (Å²) < 4.78 is 28.8. The zero-order valence-electron chi connectivity index (χ0n) is 17.4. The van der Waals surface area contributed by atoms with Gasteiger partial charge in [-0.1, -0.05) is 12.1 Å². The van der Waals surface area contributed by atoms with Crippen LogP contribution in [0.5, 0.6) is 0 Å². The van der Waals surface area contributed by atoms with Crippen LogP contribution in [0.4, 0.5) is 14.7 Å². The fourth-order valence-corrected chi connectivity index (χ4v) is 4.04. The Labute approximate surface area is 184 Å². The van der Waals surface area contributed by atoms with Crippen molar-refractivity contribution in [3.63, 3.8) is 0 Å². The molecule has 0 bridgehead atoms. The molecule has 3 aromatic heterocycles. The lowest BCUT2D eigenvalue weighted by atomic mass is 9.99. The number of imidazole rings is 1. The summed E-state index contributed by atoms with van der Waals surface area (Å²) in [6.07, 6.45) is 5.71. The van der Waals surface area contributed by atoms with Crippen molar-refractivity contribution in [1.29, 1.82) is 0 Å². The van der Waals surface area contributed by atoms with Crippen LogP contribution in [0, 0.1) is 17.6 Å². The first-order chi connectivity index (χ1) is 15.7. The summed E-state index contributed by atoms with van der Waals surface area (Å²) >= 11 is 0. The van der Waals surface area contributed by atoms with Gasteiger partial charge >= 0.3 is 0 Å². The lowest BCUT2D eigenvalue weighted by molar-refractivity contribution is 0.341. The Kier molecular flexibility index (Phi) is 5.72. The molecule has 1 aliphatic heterocycles. The highest BCUT2D eigenvalue weighted by Gasteiger charge is 2.21. The number of anilines is 1. The number of nitrogens with one attached hydrogen (secondary N) is 2. The van der Waals surface area contributed by atoms with E-state index >= 15 is 0 Å². The van der Waals surface area contributed by atoms with E-state index < -0.39 is 11.6 Å². The van der Waals surface area contributed by atoms with Crippen molar-refractivity contribution >= 4 is 17.1 Å². The van der Waals surface area contributed by atoms with Crippen molar-refractivity contribution in [1.82, 2.24) is 29.8 Å². The van der Waals surface area contributed by atoms with Crippen LogP contribution in [0.1, 0.15) is 18.4 Å². The maximum absolute atomic E-state index is 13.5. The second kappa shape index (κ2) is 8.96. The fraction of sp³-hybridized carbons (Fsp3) is 0.304. The van der Waals surface area contributed by atoms with Crippen LogP contribution >= 0.6 is 0 Å². The second-order valence-electron chi connectivity index (χ2n) is 7.98. The molecule has 1 aliphatic rings. The van der Waals surface area contributed by atoms with Crippen molar-refractivity contribution in [2.24, 2.45) is 5.92 Å². The third-order valence-electron chi connectivity index (χ3n) is 5.66. The first-order valence-corrected chi connectivity index (χ1v) is 10.7. The van der Waals surface area contributed by atoms with Crippen LogP contribution in [-0.2, 0) is 13.1 Å². The van der Waals surface area contributed by atoms with E-state index in [2.05, 4.69) is 25.2 Å². The molecule has 9 heteroatoms. The minimum Gasteiger partial charge on any atom is -0.350 e. The van der Waals surface area contributed by atoms with E-state index in [0.717, 1.165) is 55.7 Å². The molecule has 32 heavy (non-hydrogen) atoms. The summed E-state index contributed by atoms with van der Waals surface area (Å²) in [5.41, 5.74) is 2.79. The van der Waals surface area contributed by atoms with Gasteiger partial charge in [0.15, 0.2) is 23.1 Å². The normalized spacial score (nSPS) is 16.4. The molecule has 0 unspecified atom stereocenters. The van der Waals surface area contributed by atoms with Gasteiger partial charge in [0.25, 0.3) is 0 Å². The number of halogens is 2. The lowest BCUT2D eigenvalue weighted by Crippen LogP contribution is -2.32. The number of rotatable bonds is 6. The van der Waals surface area contributed by atoms with Crippen molar-refractivity contribution in [3.05, 3.63) is 66.0 Å². The maximum atomic E-state index is 13.5. The number of pyridine rings is 1. The van der Waals surface area contributed by atoms with Gasteiger partial charge in [-0.3, -0.25) is 4.98 Å². The summed E-state index contributed by atoms with van der Waals surface area (Å²) in [7, 11) is 0. The zero-order valence-corrected chi connectivity index (χ0v) is 17.4. The smallest absolute Gasteiger partial charge is 0.225 e. The molecule has 0 amide bonds. The molecule has 1 aromatic carbocycles. The van der Waals surface area contributed by atoms with Crippen LogP contribution in [-0.4, -0.2) is 37.6 Å². The summed E-state index contributed by atoms with van der Waals surface area (Å²) in [6.45, 7) is 3.05. The molecule has 0 radical (unpaired) electrons. The molecule has 0 saturated carbocycles. The number of piperidine rings is 1. The molecule has 1 saturated heterocycles. The average Bonchev–Trinajstić information content (AvgIpc) is 3.19. The summed E-state index contributed by atoms with van der Waals surface area (Å²) in [5, 5.41) is 6.56. The largest absolute Gasteiger partial charge is 0.350 e. The van der Waals surface area contributed by atoms with Gasteiger partial charge in [0.2, 0.25) is 5.95 Å². The van der Waals surface area contributed by atoms with E-state index in [1.54, 1.807) is 12.4 Å². The standard InChI is InChI=1S/C23H23F2N7/c24-17-7-6-15(10-18(17)25)12-28-23-29-13-20-22(31-23)32(14-16-4-3-8-26-11-16)21(30-20)19-5-1-2-9-27-19/h1-2,5-7,9-10,13,16,26H,3-4,8,11-12,14H2,(H,28,29,31)/t16-/m1/s1. The molecule has 5 rings (SSSR count). The molecular weight excluding hydrogens is 412 g/mol. The predicted octanol–water partition coefficient (Wildman–Crippen LogP) is 3.78. The molecule has 1 fully saturated rings. The number of aromatic nitrogens is 5. The first-order valence-electron chi connectivity index (χ1n) is 10.7. The highest BCUT2D eigenvalue weighted by Crippen LogP contribution is 2.25. The van der Waals surface area contributed by atoms with Crippen molar-refractivity contribution in [3.8, 4) is 11.5 Å². The van der Waals surface area contributed by atoms with Crippen molar-refractivity contribution in [2.75, 3.05) is 18.4 Å². The predicted molar refractivity (Wildman–Crippen MR) is 118 cm³/mol. The van der Waals surface area contributed by atoms with E-state index in [1.807, 2.05) is 18.2 Å². The SMILES string of the molecule is Fc1ccc(CNc2ncc3nc(-c4ccccn4)n(C[C@@H]4CCCNC4)c3n2)cc1F. The number of fused-ring (bicyclic) bond motifs is 1. The van der Waals surface area contributed by atoms with Crippen LogP contribution in [0.3, 0.4) is 0 Å². The average molecular weight is 435 g/mol. The van der Waals surface area contributed by atoms with Crippen molar-refractivity contribution < 1.29 is 8.78 Å². The van der Waals surface area contributed by atoms with Crippen molar-refractivity contribution in [2.45, 2.75) is 25.9 Å². The molecule has 0 aliphatic carbocycles. The third kappa shape index (κ3) is 4.29. The Balaban J connectivity index is 1.47. The molecule has 0 spiro atoms. The Morgan fingerprint density at radius 1 is 1.09 bits per heavy atom. The molecule has 1 atom stereocenters. The van der Waals surface area contributed by atoms with Gasteiger partial charge in [-0.25, -0.2) is 18.7 Å². The number of benzene rings is 1. The highest BCUT2D eigenvalue weighted by atomic mass is 19.2. The van der Waals surface area contributed by atoms with Gasteiger partial charge in [-0.05, 0) is 61.7 Å². The Morgan fingerprint density at radius 2 is 2.03 bits per heavy atom. The number of hydrogen-bond donors (Lipinski definition) is 2. The highest BCUT2D eigenvalue weighted by molar-refractivity contribution is 5.76. The van der Waals surface area contributed by atoms with Crippen LogP contribution in [0.15, 0.2) is 48.8 Å². The molecule has 7 nitrogen and oxygen atoms in total. The summed E-state index contributed by atoms with van der Waals surface area (Å²) in [4.78, 5) is 18.3. The topological polar surface area (TPSA) is 80.5 Å². The Bertz CT molecular complexity index is 1220.